The van der Waals surface area contributed by atoms with Crippen molar-refractivity contribution >= 4 is 5.95 Å². The first-order valence-corrected chi connectivity index (χ1v) is 7.30. The van der Waals surface area contributed by atoms with Gasteiger partial charge in [-0.25, -0.2) is 4.98 Å². The van der Waals surface area contributed by atoms with Crippen LogP contribution in [0, 0.1) is 0 Å². The van der Waals surface area contributed by atoms with E-state index >= 15 is 0 Å². The summed E-state index contributed by atoms with van der Waals surface area (Å²) >= 11 is 0. The highest BCUT2D eigenvalue weighted by molar-refractivity contribution is 5.27. The van der Waals surface area contributed by atoms with Gasteiger partial charge in [0, 0.05) is 18.8 Å². The number of nitrogens with zero attached hydrogens (tertiary/aromatic N) is 3. The van der Waals surface area contributed by atoms with Crippen LogP contribution in [-0.2, 0) is 0 Å². The summed E-state index contributed by atoms with van der Waals surface area (Å²) in [6.45, 7) is 7.38. The minimum atomic E-state index is 0.652. The predicted octanol–water partition coefficient (Wildman–Crippen LogP) is 2.16. The summed E-state index contributed by atoms with van der Waals surface area (Å²) in [5.41, 5.74) is 0. The average molecular weight is 264 g/mol. The summed E-state index contributed by atoms with van der Waals surface area (Å²) in [6.07, 6.45) is 6.56. The van der Waals surface area contributed by atoms with E-state index in [1.807, 2.05) is 0 Å². The second kappa shape index (κ2) is 7.94. The van der Waals surface area contributed by atoms with Gasteiger partial charge >= 0.3 is 0 Å². The van der Waals surface area contributed by atoms with E-state index in [0.29, 0.717) is 18.4 Å². The van der Waals surface area contributed by atoms with Crippen LogP contribution in [-0.4, -0.2) is 47.7 Å². The highest BCUT2D eigenvalue weighted by Crippen LogP contribution is 2.09. The van der Waals surface area contributed by atoms with Crippen LogP contribution in [0.25, 0.3) is 0 Å². The van der Waals surface area contributed by atoms with E-state index in [9.17, 15) is 0 Å². The zero-order valence-electron chi connectivity index (χ0n) is 11.8. The number of hydrogen-bond acceptors (Lipinski definition) is 5. The molecule has 0 spiro atoms. The van der Waals surface area contributed by atoms with Crippen molar-refractivity contribution in [3.05, 3.63) is 12.3 Å². The number of anilines is 1. The van der Waals surface area contributed by atoms with Gasteiger partial charge in [0.1, 0.15) is 0 Å². The van der Waals surface area contributed by atoms with E-state index in [1.54, 1.807) is 12.3 Å². The topological polar surface area (TPSA) is 50.3 Å². The first-order chi connectivity index (χ1) is 9.38. The van der Waals surface area contributed by atoms with Crippen LogP contribution >= 0.6 is 0 Å². The number of ether oxygens (including phenoxy) is 1. The highest BCUT2D eigenvalue weighted by Gasteiger charge is 2.10. The Balaban J connectivity index is 1.66. The fourth-order valence-electron chi connectivity index (χ4n) is 2.22. The first kappa shape index (κ1) is 14.1. The Labute approximate surface area is 115 Å². The largest absolute Gasteiger partial charge is 0.478 e. The molecule has 1 aliphatic heterocycles. The molecule has 1 aromatic heterocycles. The molecule has 1 aromatic rings. The molecular formula is C14H24N4O. The third-order valence-corrected chi connectivity index (χ3v) is 3.22. The maximum atomic E-state index is 5.48. The molecule has 1 aliphatic rings. The van der Waals surface area contributed by atoms with E-state index in [-0.39, 0.29) is 0 Å². The maximum Gasteiger partial charge on any atom is 0.225 e. The molecule has 1 fully saturated rings. The molecule has 5 nitrogen and oxygen atoms in total. The van der Waals surface area contributed by atoms with Crippen molar-refractivity contribution in [2.24, 2.45) is 0 Å². The Hall–Kier alpha value is -1.36. The number of hydrogen-bond donors (Lipinski definition) is 1. The standard InChI is InChI=1S/C14H24N4O/c1-2-12-19-13-6-8-16-14(17-13)15-7-5-11-18-9-3-4-10-18/h6,8H,2-5,7,9-12H2,1H3,(H,15,16,17). The molecule has 0 aromatic carbocycles. The van der Waals surface area contributed by atoms with Gasteiger partial charge < -0.3 is 15.0 Å². The van der Waals surface area contributed by atoms with Gasteiger partial charge in [0.2, 0.25) is 11.8 Å². The SMILES string of the molecule is CCCOc1ccnc(NCCCN2CCCC2)n1. The van der Waals surface area contributed by atoms with Gasteiger partial charge in [-0.15, -0.1) is 0 Å². The lowest BCUT2D eigenvalue weighted by molar-refractivity contribution is 0.305. The highest BCUT2D eigenvalue weighted by atomic mass is 16.5. The lowest BCUT2D eigenvalue weighted by Crippen LogP contribution is -2.22. The molecular weight excluding hydrogens is 240 g/mol. The van der Waals surface area contributed by atoms with Crippen molar-refractivity contribution < 1.29 is 4.74 Å². The van der Waals surface area contributed by atoms with E-state index in [2.05, 4.69) is 27.1 Å². The molecule has 106 valence electrons. The molecule has 2 rings (SSSR count). The number of nitrogens with one attached hydrogen (secondary N) is 1. The van der Waals surface area contributed by atoms with Gasteiger partial charge in [0.05, 0.1) is 6.61 Å². The monoisotopic (exact) mass is 264 g/mol. The van der Waals surface area contributed by atoms with Crippen molar-refractivity contribution in [2.75, 3.05) is 38.1 Å². The lowest BCUT2D eigenvalue weighted by atomic mass is 10.4. The summed E-state index contributed by atoms with van der Waals surface area (Å²) in [6, 6.07) is 1.80. The van der Waals surface area contributed by atoms with Crippen molar-refractivity contribution in [1.29, 1.82) is 0 Å². The van der Waals surface area contributed by atoms with Crippen LogP contribution in [0.3, 0.4) is 0 Å². The molecule has 0 amide bonds. The Morgan fingerprint density at radius 2 is 2.21 bits per heavy atom. The number of aromatic nitrogens is 2. The molecule has 5 heteroatoms. The van der Waals surface area contributed by atoms with Crippen LogP contribution < -0.4 is 10.1 Å². The minimum Gasteiger partial charge on any atom is -0.478 e. The fraction of sp³-hybridized carbons (Fsp3) is 0.714. The van der Waals surface area contributed by atoms with Crippen LogP contribution in [0.2, 0.25) is 0 Å². The summed E-state index contributed by atoms with van der Waals surface area (Å²) in [4.78, 5) is 11.0. The molecule has 0 aliphatic carbocycles. The zero-order chi connectivity index (χ0) is 13.3. The van der Waals surface area contributed by atoms with Crippen LogP contribution in [0.1, 0.15) is 32.6 Å². The van der Waals surface area contributed by atoms with Gasteiger partial charge in [-0.2, -0.15) is 4.98 Å². The molecule has 19 heavy (non-hydrogen) atoms. The smallest absolute Gasteiger partial charge is 0.225 e. The second-order valence-corrected chi connectivity index (χ2v) is 4.90. The van der Waals surface area contributed by atoms with Gasteiger partial charge in [-0.3, -0.25) is 0 Å². The molecule has 1 N–H and O–H groups in total. The van der Waals surface area contributed by atoms with Crippen LogP contribution in [0.5, 0.6) is 5.88 Å². The molecule has 0 radical (unpaired) electrons. The quantitative estimate of drug-likeness (QED) is 0.729. The Kier molecular flexibility index (Phi) is 5.88. The summed E-state index contributed by atoms with van der Waals surface area (Å²) in [7, 11) is 0. The maximum absolute atomic E-state index is 5.48. The normalized spacial score (nSPS) is 15.6. The number of likely N-dealkylation sites (tertiary alicyclic amines) is 1. The van der Waals surface area contributed by atoms with Gasteiger partial charge in [-0.05, 0) is 45.3 Å². The van der Waals surface area contributed by atoms with Gasteiger partial charge in [-0.1, -0.05) is 6.92 Å². The van der Waals surface area contributed by atoms with Crippen molar-refractivity contribution in [3.8, 4) is 5.88 Å². The average Bonchev–Trinajstić information content (AvgIpc) is 2.95. The Morgan fingerprint density at radius 1 is 1.37 bits per heavy atom. The summed E-state index contributed by atoms with van der Waals surface area (Å²) in [5.74, 6) is 1.31. The minimum absolute atomic E-state index is 0.652. The third kappa shape index (κ3) is 5.03. The van der Waals surface area contributed by atoms with Crippen LogP contribution in [0.4, 0.5) is 5.95 Å². The summed E-state index contributed by atoms with van der Waals surface area (Å²) < 4.78 is 5.48. The van der Waals surface area contributed by atoms with E-state index < -0.39 is 0 Å². The zero-order valence-corrected chi connectivity index (χ0v) is 11.8. The molecule has 1 saturated heterocycles. The molecule has 0 saturated carbocycles. The first-order valence-electron chi connectivity index (χ1n) is 7.30. The van der Waals surface area contributed by atoms with E-state index in [1.165, 1.54) is 32.5 Å². The molecule has 0 atom stereocenters. The van der Waals surface area contributed by atoms with Gasteiger partial charge in [0.25, 0.3) is 0 Å². The fourth-order valence-corrected chi connectivity index (χ4v) is 2.22. The second-order valence-electron chi connectivity index (χ2n) is 4.90. The number of rotatable bonds is 8. The Morgan fingerprint density at radius 3 is 3.00 bits per heavy atom. The Bertz CT molecular complexity index is 366. The van der Waals surface area contributed by atoms with Crippen molar-refractivity contribution in [1.82, 2.24) is 14.9 Å². The predicted molar refractivity (Wildman–Crippen MR) is 76.6 cm³/mol. The van der Waals surface area contributed by atoms with E-state index in [4.69, 9.17) is 4.74 Å². The van der Waals surface area contributed by atoms with E-state index in [0.717, 1.165) is 19.4 Å². The summed E-state index contributed by atoms with van der Waals surface area (Å²) in [5, 5.41) is 3.26. The lowest BCUT2D eigenvalue weighted by Gasteiger charge is -2.14. The van der Waals surface area contributed by atoms with Gasteiger partial charge in [0.15, 0.2) is 0 Å². The van der Waals surface area contributed by atoms with Crippen molar-refractivity contribution in [2.45, 2.75) is 32.6 Å². The van der Waals surface area contributed by atoms with Crippen molar-refractivity contribution in [3.63, 3.8) is 0 Å². The molecule has 2 heterocycles. The third-order valence-electron chi connectivity index (χ3n) is 3.22. The molecule has 0 bridgehead atoms. The molecule has 0 unspecified atom stereocenters. The van der Waals surface area contributed by atoms with Crippen LogP contribution in [0.15, 0.2) is 12.3 Å².